The quantitative estimate of drug-likeness (QED) is 0.0241. The maximum absolute atomic E-state index is 12.7. The van der Waals surface area contributed by atoms with E-state index in [2.05, 4.69) is 170 Å². The maximum atomic E-state index is 12.7. The zero-order valence-corrected chi connectivity index (χ0v) is 41.0. The summed E-state index contributed by atoms with van der Waals surface area (Å²) in [5, 5.41) is 8.20. The number of fused-ring (bicyclic) bond motifs is 4. The van der Waals surface area contributed by atoms with Crippen LogP contribution in [0.2, 0.25) is 0 Å². The number of allylic oxidation sites excluding steroid dienone is 8. The van der Waals surface area contributed by atoms with Crippen molar-refractivity contribution in [3.8, 4) is 0 Å². The minimum atomic E-state index is -0.161. The minimum Gasteiger partial charge on any atom is -0.463 e. The fourth-order valence-electron chi connectivity index (χ4n) is 9.09. The van der Waals surface area contributed by atoms with Crippen LogP contribution in [0.3, 0.4) is 0 Å². The lowest BCUT2D eigenvalue weighted by Crippen LogP contribution is -2.27. The van der Waals surface area contributed by atoms with Gasteiger partial charge in [0.2, 0.25) is 11.6 Å². The summed E-state index contributed by atoms with van der Waals surface area (Å²) in [5.74, 6) is 2.81. The van der Waals surface area contributed by atoms with Crippen molar-refractivity contribution in [2.24, 2.45) is 0 Å². The Bertz CT molecular complexity index is 2390. The van der Waals surface area contributed by atoms with Crippen LogP contribution in [0.4, 0.5) is 11.4 Å². The van der Waals surface area contributed by atoms with Crippen LogP contribution in [0.1, 0.15) is 117 Å². The van der Waals surface area contributed by atoms with E-state index in [9.17, 15) is 9.59 Å². The second-order valence-corrected chi connectivity index (χ2v) is 20.1. The molecule has 64 heavy (non-hydrogen) atoms. The molecule has 340 valence electrons. The van der Waals surface area contributed by atoms with Crippen LogP contribution in [-0.4, -0.2) is 65.2 Å². The molecular formula is C56H72N3O3S2+. The van der Waals surface area contributed by atoms with Crippen LogP contribution < -0.4 is 10.2 Å². The van der Waals surface area contributed by atoms with Gasteiger partial charge in [-0.15, -0.1) is 0 Å². The van der Waals surface area contributed by atoms with Gasteiger partial charge in [-0.2, -0.15) is 29.0 Å². The van der Waals surface area contributed by atoms with E-state index in [-0.39, 0.29) is 28.8 Å². The van der Waals surface area contributed by atoms with E-state index in [4.69, 9.17) is 4.74 Å². The third-order valence-electron chi connectivity index (χ3n) is 12.9. The molecule has 0 bridgehead atoms. The van der Waals surface area contributed by atoms with Gasteiger partial charge < -0.3 is 15.0 Å². The molecule has 8 heteroatoms. The molecule has 2 heterocycles. The molecule has 0 saturated heterocycles. The number of nitrogens with zero attached hydrogens (tertiary/aromatic N) is 2. The topological polar surface area (TPSA) is 61.6 Å². The molecule has 1 amide bonds. The molecular weight excluding hydrogens is 827 g/mol. The average molecular weight is 899 g/mol. The van der Waals surface area contributed by atoms with E-state index in [0.29, 0.717) is 19.4 Å². The second-order valence-electron chi connectivity index (χ2n) is 18.4. The van der Waals surface area contributed by atoms with Crippen molar-refractivity contribution < 1.29 is 18.9 Å². The molecule has 0 fully saturated rings. The predicted molar refractivity (Wildman–Crippen MR) is 278 cm³/mol. The number of hydrogen-bond donors (Lipinski definition) is 2. The molecule has 6 rings (SSSR count). The molecule has 1 unspecified atom stereocenters. The molecule has 2 aliphatic heterocycles. The Balaban J connectivity index is 1.04. The average Bonchev–Trinajstić information content (AvgIpc) is 3.61. The lowest BCUT2D eigenvalue weighted by molar-refractivity contribution is -0.438. The SMILES string of the molecule is CCC(C)OC(=O)CCCCSCCNC(=O)CCCCCN1/C(=C/C=C/C=C/C=C/C2=[N+](CCCCS)c3cc4ccccc4cc3C2(C)C)C(C)(C)c2cc3ccccc3cc21. The van der Waals surface area contributed by atoms with Crippen molar-refractivity contribution in [1.29, 1.82) is 0 Å². The number of esters is 1. The Morgan fingerprint density at radius 1 is 0.766 bits per heavy atom. The number of ether oxygens (including phenoxy) is 1. The Morgan fingerprint density at radius 2 is 1.42 bits per heavy atom. The largest absolute Gasteiger partial charge is 0.463 e. The van der Waals surface area contributed by atoms with E-state index in [0.717, 1.165) is 81.7 Å². The molecule has 0 spiro atoms. The van der Waals surface area contributed by atoms with E-state index in [1.54, 1.807) is 0 Å². The van der Waals surface area contributed by atoms with E-state index in [1.807, 2.05) is 25.6 Å². The van der Waals surface area contributed by atoms with E-state index in [1.165, 1.54) is 55.5 Å². The predicted octanol–water partition coefficient (Wildman–Crippen LogP) is 13.4. The van der Waals surface area contributed by atoms with Crippen molar-refractivity contribution in [3.05, 3.63) is 132 Å². The highest BCUT2D eigenvalue weighted by atomic mass is 32.2. The zero-order chi connectivity index (χ0) is 45.5. The van der Waals surface area contributed by atoms with Gasteiger partial charge in [-0.05, 0) is 122 Å². The highest BCUT2D eigenvalue weighted by Crippen LogP contribution is 2.49. The summed E-state index contributed by atoms with van der Waals surface area (Å²) in [5.41, 5.74) is 7.71. The molecule has 0 aromatic heterocycles. The first-order chi connectivity index (χ1) is 30.9. The number of thioether (sulfide) groups is 1. The fourth-order valence-corrected chi connectivity index (χ4v) is 10.2. The van der Waals surface area contributed by atoms with Crippen LogP contribution in [0.15, 0.2) is 121 Å². The van der Waals surface area contributed by atoms with Crippen LogP contribution in [0, 0.1) is 0 Å². The van der Waals surface area contributed by atoms with E-state index >= 15 is 0 Å². The lowest BCUT2D eigenvalue weighted by Gasteiger charge is -2.27. The second kappa shape index (κ2) is 23.6. The normalized spacial score (nSPS) is 16.5. The summed E-state index contributed by atoms with van der Waals surface area (Å²) in [6, 6.07) is 26.9. The Hall–Kier alpha value is -4.53. The monoisotopic (exact) mass is 899 g/mol. The van der Waals surface area contributed by atoms with Gasteiger partial charge in [-0.25, -0.2) is 0 Å². The maximum Gasteiger partial charge on any atom is 0.306 e. The molecule has 0 radical (unpaired) electrons. The van der Waals surface area contributed by atoms with Crippen molar-refractivity contribution in [2.45, 2.75) is 123 Å². The number of thiol groups is 1. The number of benzene rings is 4. The first-order valence-electron chi connectivity index (χ1n) is 23.8. The number of hydrogen-bond acceptors (Lipinski definition) is 6. The summed E-state index contributed by atoms with van der Waals surface area (Å²) in [6.45, 7) is 15.9. The van der Waals surface area contributed by atoms with Crippen molar-refractivity contribution in [2.75, 3.05) is 41.8 Å². The fraction of sp³-hybridized carbons (Fsp3) is 0.446. The summed E-state index contributed by atoms with van der Waals surface area (Å²) in [7, 11) is 0. The summed E-state index contributed by atoms with van der Waals surface area (Å²) < 4.78 is 7.88. The van der Waals surface area contributed by atoms with Crippen LogP contribution in [0.5, 0.6) is 0 Å². The van der Waals surface area contributed by atoms with Gasteiger partial charge >= 0.3 is 5.97 Å². The molecule has 1 N–H and O–H groups in total. The van der Waals surface area contributed by atoms with Crippen molar-refractivity contribution in [1.82, 2.24) is 5.32 Å². The first-order valence-corrected chi connectivity index (χ1v) is 25.6. The van der Waals surface area contributed by atoms with Crippen molar-refractivity contribution in [3.63, 3.8) is 0 Å². The zero-order valence-electron chi connectivity index (χ0n) is 39.3. The highest BCUT2D eigenvalue weighted by molar-refractivity contribution is 7.99. The number of nitrogens with one attached hydrogen (secondary N) is 1. The Morgan fingerprint density at radius 3 is 2.14 bits per heavy atom. The summed E-state index contributed by atoms with van der Waals surface area (Å²) in [4.78, 5) is 27.0. The number of unbranched alkanes of at least 4 members (excludes halogenated alkanes) is 4. The lowest BCUT2D eigenvalue weighted by atomic mass is 9.80. The number of carbonyl (C=O) groups excluding carboxylic acids is 2. The van der Waals surface area contributed by atoms with Gasteiger partial charge in [-0.1, -0.05) is 106 Å². The number of anilines is 1. The van der Waals surface area contributed by atoms with Crippen LogP contribution >= 0.6 is 24.4 Å². The molecule has 4 aromatic rings. The van der Waals surface area contributed by atoms with Gasteiger partial charge in [0.15, 0.2) is 5.71 Å². The minimum absolute atomic E-state index is 0.00488. The molecule has 2 aliphatic rings. The molecule has 6 nitrogen and oxygen atoms in total. The highest BCUT2D eigenvalue weighted by Gasteiger charge is 2.44. The number of carbonyl (C=O) groups is 2. The molecule has 0 saturated carbocycles. The Kier molecular flexibility index (Phi) is 18.0. The molecule has 1 atom stereocenters. The standard InChI is InChI=1S/C56H71N3O3S2/c1-7-42(2)62-54(61)31-19-23-36-64-37-32-57-53(60)30-14-11-20-33-58-49-40-45-26-17-15-24-43(45)38-47(49)55(3,4)51(58)28-12-9-8-10-13-29-52-56(5,6)48-39-44-25-16-18-27-46(44)41-50(48)59(52)34-21-22-35-63/h8-10,12-13,15-18,24-29,38-42H,7,11,14,19-23,30-37H2,1-6H3,(H-,57,60,63)/p+1. The first kappa shape index (κ1) is 48.9. The van der Waals surface area contributed by atoms with E-state index < -0.39 is 0 Å². The van der Waals surface area contributed by atoms with Gasteiger partial charge in [0, 0.05) is 72.6 Å². The smallest absolute Gasteiger partial charge is 0.306 e. The number of amides is 1. The molecule has 0 aliphatic carbocycles. The van der Waals surface area contributed by atoms with Crippen LogP contribution in [-0.2, 0) is 25.2 Å². The van der Waals surface area contributed by atoms with Crippen LogP contribution in [0.25, 0.3) is 21.5 Å². The Labute approximate surface area is 393 Å². The van der Waals surface area contributed by atoms with Gasteiger partial charge in [0.05, 0.1) is 11.5 Å². The third-order valence-corrected chi connectivity index (χ3v) is 14.3. The van der Waals surface area contributed by atoms with Gasteiger partial charge in [0.25, 0.3) is 0 Å². The summed E-state index contributed by atoms with van der Waals surface area (Å²) >= 11 is 6.33. The summed E-state index contributed by atoms with van der Waals surface area (Å²) in [6.07, 6.45) is 24.2. The molecule has 4 aromatic carbocycles. The number of rotatable bonds is 24. The van der Waals surface area contributed by atoms with Gasteiger partial charge in [0.1, 0.15) is 6.54 Å². The van der Waals surface area contributed by atoms with Gasteiger partial charge in [-0.3, -0.25) is 9.59 Å². The van der Waals surface area contributed by atoms with Crippen molar-refractivity contribution >= 4 is 74.9 Å². The third kappa shape index (κ3) is 12.4.